The molecule has 1 aliphatic carbocycles. The van der Waals surface area contributed by atoms with Crippen LogP contribution in [-0.2, 0) is 9.53 Å². The Hall–Kier alpha value is -2.11. The van der Waals surface area contributed by atoms with Crippen molar-refractivity contribution in [3.63, 3.8) is 0 Å². The zero-order valence-electron chi connectivity index (χ0n) is 13.5. The summed E-state index contributed by atoms with van der Waals surface area (Å²) in [6.45, 7) is 3.91. The number of aryl methyl sites for hydroxylation is 1. The quantitative estimate of drug-likeness (QED) is 0.926. The van der Waals surface area contributed by atoms with Gasteiger partial charge < -0.3 is 9.84 Å². The highest BCUT2D eigenvalue weighted by atomic mass is 16.6. The molecule has 1 saturated carbocycles. The number of pyridine rings is 1. The van der Waals surface area contributed by atoms with Gasteiger partial charge in [0.2, 0.25) is 0 Å². The second kappa shape index (κ2) is 5.83. The number of carbonyl (C=O) groups excluding carboxylic acids is 1. The summed E-state index contributed by atoms with van der Waals surface area (Å²) in [7, 11) is 0. The van der Waals surface area contributed by atoms with E-state index in [1.165, 1.54) is 0 Å². The molecule has 6 nitrogen and oxygen atoms in total. The van der Waals surface area contributed by atoms with Gasteiger partial charge in [0, 0.05) is 6.20 Å². The molecule has 1 N–H and O–H groups in total. The first-order valence-corrected chi connectivity index (χ1v) is 8.15. The fraction of sp³-hybridized carbons (Fsp3) is 0.588. The normalized spacial score (nSPS) is 30.5. The molecule has 2 heterocycles. The Bertz CT molecular complexity index is 623. The van der Waals surface area contributed by atoms with Gasteiger partial charge in [0.05, 0.1) is 23.3 Å². The number of amides is 1. The van der Waals surface area contributed by atoms with Gasteiger partial charge in [-0.25, -0.2) is 4.79 Å². The smallest absolute Gasteiger partial charge is 0.415 e. The van der Waals surface area contributed by atoms with Crippen LogP contribution in [0.4, 0.5) is 10.5 Å². The lowest BCUT2D eigenvalue weighted by Crippen LogP contribution is -2.48. The molecule has 1 aromatic heterocycles. The Kier molecular flexibility index (Phi) is 4.00. The monoisotopic (exact) mass is 318 g/mol. The Morgan fingerprint density at radius 3 is 2.74 bits per heavy atom. The van der Waals surface area contributed by atoms with E-state index in [0.717, 1.165) is 17.8 Å². The van der Waals surface area contributed by atoms with E-state index in [4.69, 9.17) is 4.74 Å². The predicted octanol–water partition coefficient (Wildman–Crippen LogP) is 3.14. The molecule has 2 fully saturated rings. The Morgan fingerprint density at radius 2 is 2.17 bits per heavy atom. The number of carboxylic acids is 1. The van der Waals surface area contributed by atoms with Crippen molar-refractivity contribution in [2.24, 2.45) is 5.92 Å². The van der Waals surface area contributed by atoms with E-state index in [9.17, 15) is 14.7 Å². The van der Waals surface area contributed by atoms with Crippen molar-refractivity contribution in [3.8, 4) is 0 Å². The summed E-state index contributed by atoms with van der Waals surface area (Å²) in [5, 5.41) is 9.18. The Morgan fingerprint density at radius 1 is 1.48 bits per heavy atom. The maximum absolute atomic E-state index is 12.5. The van der Waals surface area contributed by atoms with E-state index >= 15 is 0 Å². The van der Waals surface area contributed by atoms with Crippen molar-refractivity contribution in [1.82, 2.24) is 4.98 Å². The van der Waals surface area contributed by atoms with Crippen LogP contribution in [0.15, 0.2) is 18.3 Å². The number of aromatic nitrogens is 1. The molecular formula is C17H22N2O4. The van der Waals surface area contributed by atoms with Gasteiger partial charge in [-0.3, -0.25) is 14.7 Å². The van der Waals surface area contributed by atoms with Crippen LogP contribution < -0.4 is 4.90 Å². The van der Waals surface area contributed by atoms with Gasteiger partial charge >= 0.3 is 12.1 Å². The molecule has 6 heteroatoms. The first-order chi connectivity index (χ1) is 11.0. The number of carbonyl (C=O) groups is 2. The Balaban J connectivity index is 1.89. The van der Waals surface area contributed by atoms with Gasteiger partial charge in [0.1, 0.15) is 5.60 Å². The molecule has 1 aromatic rings. The lowest BCUT2D eigenvalue weighted by atomic mass is 9.74. The average molecular weight is 318 g/mol. The van der Waals surface area contributed by atoms with E-state index < -0.39 is 11.6 Å². The van der Waals surface area contributed by atoms with Crippen LogP contribution in [0.5, 0.6) is 0 Å². The summed E-state index contributed by atoms with van der Waals surface area (Å²) < 4.78 is 5.81. The molecule has 1 spiro atoms. The number of nitrogens with zero attached hydrogens (tertiary/aromatic N) is 2. The standard InChI is InChI=1S/C17H22N2O4/c1-3-14-17(8-6-12(7-9-17)15(20)21)23-16(22)19(14)13-5-4-10-18-11(13)2/h4-5,10,12,14H,3,6-9H2,1-2H3,(H,20,21). The third-order valence-corrected chi connectivity index (χ3v) is 5.21. The summed E-state index contributed by atoms with van der Waals surface area (Å²) in [4.78, 5) is 29.7. The minimum atomic E-state index is -0.753. The average Bonchev–Trinajstić information content (AvgIpc) is 2.79. The first kappa shape index (κ1) is 15.8. The molecule has 124 valence electrons. The lowest BCUT2D eigenvalue weighted by Gasteiger charge is -2.39. The molecule has 1 atom stereocenters. The summed E-state index contributed by atoms with van der Waals surface area (Å²) in [5.41, 5.74) is 1.00. The highest BCUT2D eigenvalue weighted by molar-refractivity contribution is 5.92. The SMILES string of the molecule is CCC1N(c2cccnc2C)C(=O)OC12CCC(C(=O)O)CC2. The number of hydrogen-bond acceptors (Lipinski definition) is 4. The van der Waals surface area contributed by atoms with Crippen LogP contribution in [0.1, 0.15) is 44.7 Å². The van der Waals surface area contributed by atoms with Gasteiger partial charge in [-0.2, -0.15) is 0 Å². The largest absolute Gasteiger partial charge is 0.481 e. The zero-order chi connectivity index (χ0) is 16.6. The number of ether oxygens (including phenoxy) is 1. The van der Waals surface area contributed by atoms with Gasteiger partial charge in [0.15, 0.2) is 0 Å². The fourth-order valence-electron chi connectivity index (χ4n) is 3.99. The summed E-state index contributed by atoms with van der Waals surface area (Å²) in [6, 6.07) is 3.62. The molecule has 0 bridgehead atoms. The minimum Gasteiger partial charge on any atom is -0.481 e. The third-order valence-electron chi connectivity index (χ3n) is 5.21. The predicted molar refractivity (Wildman–Crippen MR) is 84.3 cm³/mol. The van der Waals surface area contributed by atoms with Crippen LogP contribution in [0, 0.1) is 12.8 Å². The van der Waals surface area contributed by atoms with Crippen molar-refractivity contribution in [2.75, 3.05) is 4.90 Å². The summed E-state index contributed by atoms with van der Waals surface area (Å²) >= 11 is 0. The topological polar surface area (TPSA) is 79.7 Å². The maximum Gasteiger partial charge on any atom is 0.415 e. The van der Waals surface area contributed by atoms with Crippen molar-refractivity contribution in [2.45, 2.75) is 57.6 Å². The van der Waals surface area contributed by atoms with E-state index in [2.05, 4.69) is 4.98 Å². The summed E-state index contributed by atoms with van der Waals surface area (Å²) in [5.74, 6) is -1.08. The van der Waals surface area contributed by atoms with Gasteiger partial charge in [-0.15, -0.1) is 0 Å². The highest BCUT2D eigenvalue weighted by Crippen LogP contribution is 2.46. The van der Waals surface area contributed by atoms with E-state index in [1.807, 2.05) is 26.0 Å². The van der Waals surface area contributed by atoms with Crippen LogP contribution in [0.25, 0.3) is 0 Å². The fourth-order valence-corrected chi connectivity index (χ4v) is 3.99. The molecular weight excluding hydrogens is 296 g/mol. The molecule has 0 aromatic carbocycles. The number of anilines is 1. The van der Waals surface area contributed by atoms with Crippen molar-refractivity contribution >= 4 is 17.7 Å². The van der Waals surface area contributed by atoms with Crippen LogP contribution in [0.2, 0.25) is 0 Å². The van der Waals surface area contributed by atoms with Crippen molar-refractivity contribution in [1.29, 1.82) is 0 Å². The van der Waals surface area contributed by atoms with Crippen LogP contribution in [-0.4, -0.2) is 33.8 Å². The molecule has 1 amide bonds. The molecule has 0 radical (unpaired) electrons. The molecule has 1 aliphatic heterocycles. The molecule has 2 aliphatic rings. The molecule has 1 unspecified atom stereocenters. The first-order valence-electron chi connectivity index (χ1n) is 8.15. The van der Waals surface area contributed by atoms with Crippen LogP contribution in [0.3, 0.4) is 0 Å². The number of carboxylic acid groups (broad SMARTS) is 1. The van der Waals surface area contributed by atoms with E-state index in [0.29, 0.717) is 25.7 Å². The van der Waals surface area contributed by atoms with E-state index in [1.54, 1.807) is 11.1 Å². The van der Waals surface area contributed by atoms with Crippen LogP contribution >= 0.6 is 0 Å². The zero-order valence-corrected chi connectivity index (χ0v) is 13.5. The second-order valence-electron chi connectivity index (χ2n) is 6.45. The Labute approximate surface area is 135 Å². The van der Waals surface area contributed by atoms with Crippen molar-refractivity contribution in [3.05, 3.63) is 24.0 Å². The minimum absolute atomic E-state index is 0.0763. The lowest BCUT2D eigenvalue weighted by molar-refractivity contribution is -0.144. The van der Waals surface area contributed by atoms with Crippen molar-refractivity contribution < 1.29 is 19.4 Å². The maximum atomic E-state index is 12.5. The molecule has 3 rings (SSSR count). The number of aliphatic carboxylic acids is 1. The molecule has 1 saturated heterocycles. The summed E-state index contributed by atoms with van der Waals surface area (Å²) in [6.07, 6.45) is 4.43. The number of hydrogen-bond donors (Lipinski definition) is 1. The number of rotatable bonds is 3. The van der Waals surface area contributed by atoms with Gasteiger partial charge in [-0.05, 0) is 51.2 Å². The van der Waals surface area contributed by atoms with Gasteiger partial charge in [-0.1, -0.05) is 6.92 Å². The van der Waals surface area contributed by atoms with Gasteiger partial charge in [0.25, 0.3) is 0 Å². The molecule has 23 heavy (non-hydrogen) atoms. The van der Waals surface area contributed by atoms with E-state index in [-0.39, 0.29) is 18.1 Å². The highest BCUT2D eigenvalue weighted by Gasteiger charge is 2.55. The third kappa shape index (κ3) is 2.56. The second-order valence-corrected chi connectivity index (χ2v) is 6.45.